The second kappa shape index (κ2) is 5.99. The van der Waals surface area contributed by atoms with Crippen molar-refractivity contribution in [2.24, 2.45) is 11.8 Å². The van der Waals surface area contributed by atoms with E-state index < -0.39 is 0 Å². The van der Waals surface area contributed by atoms with Gasteiger partial charge in [-0.2, -0.15) is 0 Å². The van der Waals surface area contributed by atoms with Gasteiger partial charge in [-0.1, -0.05) is 12.1 Å². The Balaban J connectivity index is 1.56. The fourth-order valence-corrected chi connectivity index (χ4v) is 3.37. The molecule has 118 valence electrons. The molecular weight excluding hydrogens is 280 g/mol. The summed E-state index contributed by atoms with van der Waals surface area (Å²) >= 11 is 0. The Morgan fingerprint density at radius 2 is 2.23 bits per heavy atom. The Morgan fingerprint density at radius 3 is 2.95 bits per heavy atom. The third-order valence-electron chi connectivity index (χ3n) is 4.77. The first kappa shape index (κ1) is 14.9. The van der Waals surface area contributed by atoms with Crippen LogP contribution in [-0.2, 0) is 16.0 Å². The monoisotopic (exact) mass is 302 g/mol. The van der Waals surface area contributed by atoms with Crippen LogP contribution in [0.1, 0.15) is 17.5 Å². The maximum atomic E-state index is 12.3. The van der Waals surface area contributed by atoms with Gasteiger partial charge in [0.2, 0.25) is 11.8 Å². The fraction of sp³-hybridized carbons (Fsp3) is 0.529. The lowest BCUT2D eigenvalue weighted by Gasteiger charge is -2.17. The van der Waals surface area contributed by atoms with Crippen molar-refractivity contribution in [3.8, 4) is 5.75 Å². The summed E-state index contributed by atoms with van der Waals surface area (Å²) in [5.74, 6) is 1.40. The molecule has 2 amide bonds. The van der Waals surface area contributed by atoms with Crippen LogP contribution in [0, 0.1) is 18.8 Å². The van der Waals surface area contributed by atoms with E-state index in [0.717, 1.165) is 16.9 Å². The lowest BCUT2D eigenvalue weighted by atomic mass is 10.0. The summed E-state index contributed by atoms with van der Waals surface area (Å²) in [6.07, 6.45) is 1.18. The highest BCUT2D eigenvalue weighted by Crippen LogP contribution is 2.28. The van der Waals surface area contributed by atoms with Crippen LogP contribution in [-0.4, -0.2) is 43.5 Å². The SMILES string of the molecule is COc1cc(CCC(=O)N2C[C@@H]3CNC(=O)[C@@H]3C2)ccc1C. The van der Waals surface area contributed by atoms with E-state index in [9.17, 15) is 9.59 Å². The van der Waals surface area contributed by atoms with Gasteiger partial charge in [0.1, 0.15) is 5.75 Å². The average Bonchev–Trinajstić information content (AvgIpc) is 3.08. The van der Waals surface area contributed by atoms with E-state index in [4.69, 9.17) is 4.74 Å². The molecule has 5 nitrogen and oxygen atoms in total. The van der Waals surface area contributed by atoms with Crippen LogP contribution in [0.15, 0.2) is 18.2 Å². The van der Waals surface area contributed by atoms with Crippen molar-refractivity contribution in [2.75, 3.05) is 26.7 Å². The molecule has 22 heavy (non-hydrogen) atoms. The minimum atomic E-state index is 0.00317. The van der Waals surface area contributed by atoms with Crippen molar-refractivity contribution in [3.05, 3.63) is 29.3 Å². The Hall–Kier alpha value is -2.04. The van der Waals surface area contributed by atoms with Gasteiger partial charge in [0.05, 0.1) is 13.0 Å². The summed E-state index contributed by atoms with van der Waals surface area (Å²) in [5.41, 5.74) is 2.20. The number of hydrogen-bond acceptors (Lipinski definition) is 3. The van der Waals surface area contributed by atoms with Gasteiger partial charge in [0, 0.05) is 32.0 Å². The molecule has 2 atom stereocenters. The number of ether oxygens (including phenoxy) is 1. The van der Waals surface area contributed by atoms with Gasteiger partial charge in [-0.15, -0.1) is 0 Å². The smallest absolute Gasteiger partial charge is 0.225 e. The minimum Gasteiger partial charge on any atom is -0.496 e. The normalized spacial score (nSPS) is 23.4. The first-order valence-corrected chi connectivity index (χ1v) is 7.77. The first-order valence-electron chi connectivity index (χ1n) is 7.77. The number of methoxy groups -OCH3 is 1. The van der Waals surface area contributed by atoms with Crippen LogP contribution in [0.5, 0.6) is 5.75 Å². The molecule has 2 aliphatic rings. The minimum absolute atomic E-state index is 0.00317. The molecule has 0 saturated carbocycles. The molecule has 5 heteroatoms. The number of nitrogens with one attached hydrogen (secondary N) is 1. The van der Waals surface area contributed by atoms with Crippen LogP contribution in [0.3, 0.4) is 0 Å². The number of benzene rings is 1. The molecule has 2 fully saturated rings. The standard InChI is InChI=1S/C17H22N2O3/c1-11-3-4-12(7-15(11)22-2)5-6-16(20)19-9-13-8-18-17(21)14(13)10-19/h3-4,7,13-14H,5-6,8-10H2,1-2H3,(H,18,21)/t13-,14+/m0/s1. The number of hydrogen-bond donors (Lipinski definition) is 1. The molecule has 0 bridgehead atoms. The molecule has 0 aliphatic carbocycles. The van der Waals surface area contributed by atoms with E-state index in [1.165, 1.54) is 0 Å². The lowest BCUT2D eigenvalue weighted by Crippen LogP contribution is -2.33. The highest BCUT2D eigenvalue weighted by molar-refractivity contribution is 5.84. The number of rotatable bonds is 4. The molecule has 2 heterocycles. The van der Waals surface area contributed by atoms with Crippen molar-refractivity contribution in [1.29, 1.82) is 0 Å². The van der Waals surface area contributed by atoms with Gasteiger partial charge in [-0.3, -0.25) is 9.59 Å². The zero-order valence-electron chi connectivity index (χ0n) is 13.1. The first-order chi connectivity index (χ1) is 10.6. The number of fused-ring (bicyclic) bond motifs is 1. The van der Waals surface area contributed by atoms with Crippen LogP contribution in [0.4, 0.5) is 0 Å². The summed E-state index contributed by atoms with van der Waals surface area (Å²) in [7, 11) is 1.66. The third-order valence-corrected chi connectivity index (χ3v) is 4.77. The van der Waals surface area contributed by atoms with Gasteiger partial charge in [0.25, 0.3) is 0 Å². The van der Waals surface area contributed by atoms with Crippen molar-refractivity contribution >= 4 is 11.8 Å². The maximum Gasteiger partial charge on any atom is 0.225 e. The van der Waals surface area contributed by atoms with E-state index in [-0.39, 0.29) is 17.7 Å². The molecule has 1 aromatic carbocycles. The number of carbonyl (C=O) groups excluding carboxylic acids is 2. The molecule has 2 saturated heterocycles. The van der Waals surface area contributed by atoms with Crippen molar-refractivity contribution in [1.82, 2.24) is 10.2 Å². The van der Waals surface area contributed by atoms with Crippen LogP contribution in [0.25, 0.3) is 0 Å². The zero-order chi connectivity index (χ0) is 15.7. The Labute approximate surface area is 130 Å². The van der Waals surface area contributed by atoms with Crippen molar-refractivity contribution in [2.45, 2.75) is 19.8 Å². The van der Waals surface area contributed by atoms with E-state index in [0.29, 0.717) is 38.4 Å². The molecule has 2 aliphatic heterocycles. The highest BCUT2D eigenvalue weighted by atomic mass is 16.5. The van der Waals surface area contributed by atoms with Crippen LogP contribution in [0.2, 0.25) is 0 Å². The fourth-order valence-electron chi connectivity index (χ4n) is 3.37. The highest BCUT2D eigenvalue weighted by Gasteiger charge is 2.43. The molecule has 3 rings (SSSR count). The third kappa shape index (κ3) is 2.80. The largest absolute Gasteiger partial charge is 0.496 e. The number of likely N-dealkylation sites (tertiary alicyclic amines) is 1. The van der Waals surface area contributed by atoms with Gasteiger partial charge < -0.3 is 15.0 Å². The maximum absolute atomic E-state index is 12.3. The molecule has 0 radical (unpaired) electrons. The summed E-state index contributed by atoms with van der Waals surface area (Å²) in [6, 6.07) is 6.05. The Bertz CT molecular complexity index is 600. The van der Waals surface area contributed by atoms with E-state index in [2.05, 4.69) is 5.32 Å². The summed E-state index contributed by atoms with van der Waals surface area (Å²) in [5, 5.41) is 2.87. The summed E-state index contributed by atoms with van der Waals surface area (Å²) < 4.78 is 5.31. The van der Waals surface area contributed by atoms with E-state index in [1.807, 2.05) is 30.0 Å². The predicted molar refractivity (Wildman–Crippen MR) is 82.6 cm³/mol. The van der Waals surface area contributed by atoms with Crippen LogP contribution < -0.4 is 10.1 Å². The molecule has 1 N–H and O–H groups in total. The van der Waals surface area contributed by atoms with Gasteiger partial charge in [-0.25, -0.2) is 0 Å². The predicted octanol–water partition coefficient (Wildman–Crippen LogP) is 1.14. The number of amides is 2. The molecule has 0 aromatic heterocycles. The lowest BCUT2D eigenvalue weighted by molar-refractivity contribution is -0.130. The summed E-state index contributed by atoms with van der Waals surface area (Å²) in [4.78, 5) is 25.8. The molecule has 0 unspecified atom stereocenters. The topological polar surface area (TPSA) is 58.6 Å². The quantitative estimate of drug-likeness (QED) is 0.907. The molecular formula is C17H22N2O3. The Morgan fingerprint density at radius 1 is 1.41 bits per heavy atom. The average molecular weight is 302 g/mol. The van der Waals surface area contributed by atoms with Crippen molar-refractivity contribution in [3.63, 3.8) is 0 Å². The van der Waals surface area contributed by atoms with E-state index >= 15 is 0 Å². The van der Waals surface area contributed by atoms with Gasteiger partial charge in [0.15, 0.2) is 0 Å². The molecule has 1 aromatic rings. The van der Waals surface area contributed by atoms with E-state index in [1.54, 1.807) is 7.11 Å². The van der Waals surface area contributed by atoms with Gasteiger partial charge in [-0.05, 0) is 30.5 Å². The van der Waals surface area contributed by atoms with Crippen LogP contribution >= 0.6 is 0 Å². The second-order valence-corrected chi connectivity index (χ2v) is 6.21. The number of nitrogens with zero attached hydrogens (tertiary/aromatic N) is 1. The van der Waals surface area contributed by atoms with Gasteiger partial charge >= 0.3 is 0 Å². The number of carbonyl (C=O) groups is 2. The van der Waals surface area contributed by atoms with Crippen molar-refractivity contribution < 1.29 is 14.3 Å². The second-order valence-electron chi connectivity index (χ2n) is 6.21. The number of aryl methyl sites for hydroxylation is 2. The summed E-state index contributed by atoms with van der Waals surface area (Å²) in [6.45, 7) is 4.00. The Kier molecular flexibility index (Phi) is 4.05. The molecule has 0 spiro atoms. The zero-order valence-corrected chi connectivity index (χ0v) is 13.1.